The third kappa shape index (κ3) is 3.43. The van der Waals surface area contributed by atoms with Crippen LogP contribution in [0.4, 0.5) is 13.2 Å². The number of aliphatic hydroxyl groups excluding tert-OH is 1. The van der Waals surface area contributed by atoms with Gasteiger partial charge < -0.3 is 15.2 Å². The molecule has 1 aromatic carbocycles. The van der Waals surface area contributed by atoms with Gasteiger partial charge in [-0.3, -0.25) is 0 Å². The molecule has 0 spiro atoms. The van der Waals surface area contributed by atoms with E-state index in [0.717, 1.165) is 38.1 Å². The number of hydrogen-bond donors (Lipinski definition) is 2. The van der Waals surface area contributed by atoms with E-state index in [1.54, 1.807) is 0 Å². The molecule has 0 aliphatic carbocycles. The van der Waals surface area contributed by atoms with Crippen molar-refractivity contribution in [3.63, 3.8) is 0 Å². The number of ether oxygens (including phenoxy) is 1. The van der Waals surface area contributed by atoms with Gasteiger partial charge in [-0.25, -0.2) is 0 Å². The quantitative estimate of drug-likeness (QED) is 0.899. The van der Waals surface area contributed by atoms with Crippen LogP contribution in [0, 0.1) is 5.92 Å². The maximum atomic E-state index is 12.8. The molecule has 1 heterocycles. The minimum Gasteiger partial charge on any atom is -0.497 e. The zero-order valence-electron chi connectivity index (χ0n) is 11.2. The van der Waals surface area contributed by atoms with E-state index in [1.165, 1.54) is 13.2 Å². The van der Waals surface area contributed by atoms with Gasteiger partial charge in [0.05, 0.1) is 18.8 Å². The fourth-order valence-corrected chi connectivity index (χ4v) is 2.51. The third-order valence-corrected chi connectivity index (χ3v) is 3.66. The molecule has 3 nitrogen and oxygen atoms in total. The van der Waals surface area contributed by atoms with Gasteiger partial charge in [0.15, 0.2) is 0 Å². The standard InChI is InChI=1S/C14H18F3NO2/c1-20-12-7-10(6-11(8-12)14(15,16)17)13(19)9-2-4-18-5-3-9/h6-9,13,18-19H,2-5H2,1H3. The summed E-state index contributed by atoms with van der Waals surface area (Å²) in [6.07, 6.45) is -3.84. The summed E-state index contributed by atoms with van der Waals surface area (Å²) < 4.78 is 43.4. The van der Waals surface area contributed by atoms with Crippen molar-refractivity contribution in [2.45, 2.75) is 25.1 Å². The number of aliphatic hydroxyl groups is 1. The van der Waals surface area contributed by atoms with E-state index in [1.807, 2.05) is 0 Å². The highest BCUT2D eigenvalue weighted by atomic mass is 19.4. The Morgan fingerprint density at radius 3 is 2.45 bits per heavy atom. The van der Waals surface area contributed by atoms with Crippen molar-refractivity contribution >= 4 is 0 Å². The van der Waals surface area contributed by atoms with Gasteiger partial charge in [0.25, 0.3) is 0 Å². The second-order valence-corrected chi connectivity index (χ2v) is 5.02. The van der Waals surface area contributed by atoms with E-state index in [0.29, 0.717) is 0 Å². The van der Waals surface area contributed by atoms with Crippen molar-refractivity contribution < 1.29 is 23.0 Å². The average Bonchev–Trinajstić information content (AvgIpc) is 2.46. The predicted molar refractivity (Wildman–Crippen MR) is 68.5 cm³/mol. The molecule has 1 aromatic rings. The zero-order chi connectivity index (χ0) is 14.8. The molecule has 1 fully saturated rings. The SMILES string of the molecule is COc1cc(C(O)C2CCNCC2)cc(C(F)(F)F)c1. The monoisotopic (exact) mass is 289 g/mol. The van der Waals surface area contributed by atoms with E-state index >= 15 is 0 Å². The third-order valence-electron chi connectivity index (χ3n) is 3.66. The molecule has 2 N–H and O–H groups in total. The van der Waals surface area contributed by atoms with Crippen LogP contribution in [0.15, 0.2) is 18.2 Å². The Hall–Kier alpha value is -1.27. The van der Waals surface area contributed by atoms with E-state index in [4.69, 9.17) is 4.74 Å². The smallest absolute Gasteiger partial charge is 0.416 e. The van der Waals surface area contributed by atoms with Crippen LogP contribution in [0.3, 0.4) is 0 Å². The summed E-state index contributed by atoms with van der Waals surface area (Å²) in [5, 5.41) is 13.5. The van der Waals surface area contributed by atoms with E-state index in [2.05, 4.69) is 5.32 Å². The Morgan fingerprint density at radius 1 is 1.25 bits per heavy atom. The van der Waals surface area contributed by atoms with Gasteiger partial charge in [0, 0.05) is 0 Å². The fraction of sp³-hybridized carbons (Fsp3) is 0.571. The van der Waals surface area contributed by atoms with E-state index < -0.39 is 17.8 Å². The molecule has 0 aromatic heterocycles. The lowest BCUT2D eigenvalue weighted by Gasteiger charge is -2.28. The summed E-state index contributed by atoms with van der Waals surface area (Å²) >= 11 is 0. The molecule has 1 aliphatic rings. The Kier molecular flexibility index (Phi) is 4.55. The number of nitrogens with one attached hydrogen (secondary N) is 1. The topological polar surface area (TPSA) is 41.5 Å². The summed E-state index contributed by atoms with van der Waals surface area (Å²) in [7, 11) is 1.32. The molecule has 1 aliphatic heterocycles. The molecule has 112 valence electrons. The minimum atomic E-state index is -4.45. The molecular weight excluding hydrogens is 271 g/mol. The fourth-order valence-electron chi connectivity index (χ4n) is 2.51. The lowest BCUT2D eigenvalue weighted by Crippen LogP contribution is -2.31. The highest BCUT2D eigenvalue weighted by Gasteiger charge is 2.33. The zero-order valence-corrected chi connectivity index (χ0v) is 11.2. The molecule has 0 radical (unpaired) electrons. The van der Waals surface area contributed by atoms with Crippen LogP contribution in [-0.4, -0.2) is 25.3 Å². The van der Waals surface area contributed by atoms with Crippen LogP contribution < -0.4 is 10.1 Å². The number of hydrogen-bond acceptors (Lipinski definition) is 3. The second-order valence-electron chi connectivity index (χ2n) is 5.02. The maximum Gasteiger partial charge on any atom is 0.416 e. The van der Waals surface area contributed by atoms with E-state index in [9.17, 15) is 18.3 Å². The summed E-state index contributed by atoms with van der Waals surface area (Å²) in [5.41, 5.74) is -0.525. The predicted octanol–water partition coefficient (Wildman–Crippen LogP) is 2.75. The normalized spacial score (nSPS) is 18.9. The Labute approximate surface area is 115 Å². The van der Waals surface area contributed by atoms with Crippen molar-refractivity contribution in [2.24, 2.45) is 5.92 Å². The summed E-state index contributed by atoms with van der Waals surface area (Å²) in [5.74, 6) is 0.0900. The molecule has 2 rings (SSSR count). The Bertz CT molecular complexity index is 456. The first-order chi connectivity index (χ1) is 9.41. The summed E-state index contributed by atoms with van der Waals surface area (Å²) in [6.45, 7) is 1.55. The van der Waals surface area contributed by atoms with Crippen molar-refractivity contribution in [3.05, 3.63) is 29.3 Å². The first kappa shape index (κ1) is 15.1. The van der Waals surface area contributed by atoms with Crippen molar-refractivity contribution in [1.82, 2.24) is 5.32 Å². The van der Waals surface area contributed by atoms with Gasteiger partial charge in [-0.2, -0.15) is 13.2 Å². The highest BCUT2D eigenvalue weighted by Crippen LogP contribution is 2.36. The molecule has 0 amide bonds. The van der Waals surface area contributed by atoms with Gasteiger partial charge in [-0.15, -0.1) is 0 Å². The number of piperidine rings is 1. The second kappa shape index (κ2) is 6.01. The largest absolute Gasteiger partial charge is 0.497 e. The molecule has 20 heavy (non-hydrogen) atoms. The maximum absolute atomic E-state index is 12.8. The number of benzene rings is 1. The van der Waals surface area contributed by atoms with Crippen LogP contribution in [0.25, 0.3) is 0 Å². The van der Waals surface area contributed by atoms with Gasteiger partial charge in [-0.05, 0) is 55.6 Å². The van der Waals surface area contributed by atoms with Crippen molar-refractivity contribution in [1.29, 1.82) is 0 Å². The van der Waals surface area contributed by atoms with E-state index in [-0.39, 0.29) is 17.2 Å². The molecular formula is C14H18F3NO2. The van der Waals surface area contributed by atoms with Crippen LogP contribution in [0.5, 0.6) is 5.75 Å². The van der Waals surface area contributed by atoms with Gasteiger partial charge in [-0.1, -0.05) is 0 Å². The van der Waals surface area contributed by atoms with Crippen LogP contribution in [0.1, 0.15) is 30.1 Å². The first-order valence-electron chi connectivity index (χ1n) is 6.57. The summed E-state index contributed by atoms with van der Waals surface area (Å²) in [4.78, 5) is 0. The van der Waals surface area contributed by atoms with Crippen LogP contribution in [0.2, 0.25) is 0 Å². The lowest BCUT2D eigenvalue weighted by molar-refractivity contribution is -0.137. The van der Waals surface area contributed by atoms with Crippen LogP contribution >= 0.6 is 0 Å². The molecule has 1 unspecified atom stereocenters. The van der Waals surface area contributed by atoms with Crippen molar-refractivity contribution in [2.75, 3.05) is 20.2 Å². The van der Waals surface area contributed by atoms with Gasteiger partial charge in [0.2, 0.25) is 0 Å². The van der Waals surface area contributed by atoms with Gasteiger partial charge in [0.1, 0.15) is 5.75 Å². The van der Waals surface area contributed by atoms with Gasteiger partial charge >= 0.3 is 6.18 Å². The molecule has 1 atom stereocenters. The first-order valence-corrected chi connectivity index (χ1v) is 6.57. The summed E-state index contributed by atoms with van der Waals surface area (Å²) in [6, 6.07) is 3.43. The molecule has 0 saturated carbocycles. The number of rotatable bonds is 3. The average molecular weight is 289 g/mol. The Morgan fingerprint density at radius 2 is 1.90 bits per heavy atom. The highest BCUT2D eigenvalue weighted by molar-refractivity contribution is 5.37. The number of methoxy groups -OCH3 is 1. The van der Waals surface area contributed by atoms with Crippen LogP contribution in [-0.2, 0) is 6.18 Å². The Balaban J connectivity index is 2.29. The number of alkyl halides is 3. The van der Waals surface area contributed by atoms with Crippen molar-refractivity contribution in [3.8, 4) is 5.75 Å². The molecule has 0 bridgehead atoms. The molecule has 1 saturated heterocycles. The molecule has 6 heteroatoms. The minimum absolute atomic E-state index is 0.0237. The lowest BCUT2D eigenvalue weighted by atomic mass is 9.87. The number of halogens is 3.